The van der Waals surface area contributed by atoms with Gasteiger partial charge in [0.05, 0.1) is 23.2 Å². The number of fused-ring (bicyclic) bond motifs is 2. The Bertz CT molecular complexity index is 1230. The maximum atomic E-state index is 14.6. The molecule has 0 aromatic heterocycles. The van der Waals surface area contributed by atoms with Gasteiger partial charge in [-0.15, -0.1) is 11.8 Å². The summed E-state index contributed by atoms with van der Waals surface area (Å²) in [5.74, 6) is -0.750. The van der Waals surface area contributed by atoms with Crippen LogP contribution in [-0.2, 0) is 14.4 Å². The summed E-state index contributed by atoms with van der Waals surface area (Å²) in [6.07, 6.45) is 12.3. The number of nitrogens with zero attached hydrogens (tertiary/aromatic N) is 3. The van der Waals surface area contributed by atoms with Crippen molar-refractivity contribution in [2.24, 2.45) is 11.8 Å². The molecule has 0 saturated carbocycles. The molecule has 1 aromatic rings. The number of anilines is 1. The average molecular weight is 596 g/mol. The molecule has 4 heterocycles. The number of benzene rings is 1. The lowest BCUT2D eigenvalue weighted by Crippen LogP contribution is -2.55. The first-order valence-electron chi connectivity index (χ1n) is 15.5. The van der Waals surface area contributed by atoms with Gasteiger partial charge in [0.2, 0.25) is 17.7 Å². The minimum atomic E-state index is -0.840. The predicted octanol–water partition coefficient (Wildman–Crippen LogP) is 4.43. The van der Waals surface area contributed by atoms with E-state index in [9.17, 15) is 19.5 Å². The highest BCUT2D eigenvalue weighted by Crippen LogP contribution is 2.65. The van der Waals surface area contributed by atoms with Crippen LogP contribution in [0.2, 0.25) is 0 Å². The van der Waals surface area contributed by atoms with Crippen molar-refractivity contribution in [3.8, 4) is 5.75 Å². The number of carbonyl (C=O) groups excluding carboxylic acids is 3. The van der Waals surface area contributed by atoms with Crippen molar-refractivity contribution in [2.45, 2.75) is 81.4 Å². The zero-order valence-corrected chi connectivity index (χ0v) is 26.1. The zero-order chi connectivity index (χ0) is 30.1. The Morgan fingerprint density at radius 1 is 0.976 bits per heavy atom. The average Bonchev–Trinajstić information content (AvgIpc) is 3.22. The molecule has 0 radical (unpaired) electrons. The van der Waals surface area contributed by atoms with Crippen molar-refractivity contribution in [1.29, 1.82) is 0 Å². The lowest BCUT2D eigenvalue weighted by molar-refractivity contribution is -0.144. The lowest BCUT2D eigenvalue weighted by atomic mass is 9.74. The van der Waals surface area contributed by atoms with Crippen LogP contribution in [0.4, 0.5) is 5.69 Å². The van der Waals surface area contributed by atoms with Gasteiger partial charge in [-0.05, 0) is 70.7 Å². The maximum Gasteiger partial charge on any atom is 0.247 e. The van der Waals surface area contributed by atoms with Crippen LogP contribution < -0.4 is 9.64 Å². The predicted molar refractivity (Wildman–Crippen MR) is 166 cm³/mol. The molecule has 4 aliphatic heterocycles. The quantitative estimate of drug-likeness (QED) is 0.301. The number of aliphatic hydroxyl groups is 1. The first kappa shape index (κ1) is 30.7. The second-order valence-electron chi connectivity index (χ2n) is 12.1. The molecule has 3 amide bonds. The third-order valence-corrected chi connectivity index (χ3v) is 11.1. The Labute approximate surface area is 254 Å². The molecular weight excluding hydrogens is 550 g/mol. The number of hydrogen-bond acceptors (Lipinski definition) is 6. The molecule has 2 saturated heterocycles. The molecule has 0 bridgehead atoms. The molecule has 228 valence electrons. The molecule has 42 heavy (non-hydrogen) atoms. The normalized spacial score (nSPS) is 31.1. The lowest BCUT2D eigenvalue weighted by Gasteiger charge is -2.38. The molecule has 4 aliphatic rings. The first-order valence-corrected chi connectivity index (χ1v) is 16.4. The number of hydrogen-bond donors (Lipinski definition) is 1. The largest absolute Gasteiger partial charge is 0.494 e. The van der Waals surface area contributed by atoms with Gasteiger partial charge < -0.3 is 24.5 Å². The van der Waals surface area contributed by atoms with Gasteiger partial charge in [-0.25, -0.2) is 0 Å². The summed E-state index contributed by atoms with van der Waals surface area (Å²) in [6, 6.07) is 6.91. The van der Waals surface area contributed by atoms with Crippen molar-refractivity contribution in [1.82, 2.24) is 9.80 Å². The van der Waals surface area contributed by atoms with Crippen LogP contribution in [0.25, 0.3) is 0 Å². The molecule has 8 nitrogen and oxygen atoms in total. The number of thioether (sulfide) groups is 1. The van der Waals surface area contributed by atoms with Gasteiger partial charge in [-0.3, -0.25) is 14.4 Å². The molecule has 2 fully saturated rings. The molecule has 1 spiro atoms. The number of unbranched alkanes of at least 4 members (excludes halogenated alkanes) is 2. The SMILES string of the molecule is CCCC(C)N1CC=C[C@]23S[C@@]4(C)C=CCN(c5ccc(OCC)cc5)C(=O)[C@H]4[C@H]2C(=O)N(CCCCCO)C3C1=O. The molecule has 5 rings (SSSR count). The van der Waals surface area contributed by atoms with Crippen LogP contribution in [-0.4, -0.2) is 87.1 Å². The molecular formula is C33H45N3O5S. The highest BCUT2D eigenvalue weighted by Gasteiger charge is 2.74. The summed E-state index contributed by atoms with van der Waals surface area (Å²) in [5.41, 5.74) is 0.762. The van der Waals surface area contributed by atoms with Crippen molar-refractivity contribution < 1.29 is 24.2 Å². The van der Waals surface area contributed by atoms with E-state index in [0.717, 1.165) is 30.7 Å². The number of likely N-dealkylation sites (tertiary alicyclic amines) is 1. The second-order valence-corrected chi connectivity index (χ2v) is 13.9. The van der Waals surface area contributed by atoms with E-state index in [1.807, 2.05) is 42.2 Å². The van der Waals surface area contributed by atoms with E-state index in [2.05, 4.69) is 39.0 Å². The van der Waals surface area contributed by atoms with Gasteiger partial charge >= 0.3 is 0 Å². The summed E-state index contributed by atoms with van der Waals surface area (Å²) in [7, 11) is 0. The third-order valence-electron chi connectivity index (χ3n) is 9.34. The summed E-state index contributed by atoms with van der Waals surface area (Å²) in [6.45, 7) is 10.2. The molecule has 0 aliphatic carbocycles. The second kappa shape index (κ2) is 12.4. The van der Waals surface area contributed by atoms with Crippen LogP contribution in [0.3, 0.4) is 0 Å². The van der Waals surface area contributed by atoms with E-state index in [-0.39, 0.29) is 30.4 Å². The van der Waals surface area contributed by atoms with Gasteiger partial charge in [0.15, 0.2) is 0 Å². The van der Waals surface area contributed by atoms with E-state index < -0.39 is 27.4 Å². The minimum Gasteiger partial charge on any atom is -0.494 e. The van der Waals surface area contributed by atoms with Crippen LogP contribution in [0.15, 0.2) is 48.6 Å². The van der Waals surface area contributed by atoms with E-state index >= 15 is 0 Å². The molecule has 1 N–H and O–H groups in total. The van der Waals surface area contributed by atoms with Gasteiger partial charge in [-0.2, -0.15) is 0 Å². The summed E-state index contributed by atoms with van der Waals surface area (Å²) < 4.78 is 4.12. The van der Waals surface area contributed by atoms with Gasteiger partial charge in [0.25, 0.3) is 0 Å². The number of carbonyl (C=O) groups is 3. The van der Waals surface area contributed by atoms with Crippen LogP contribution in [0.5, 0.6) is 5.75 Å². The molecule has 6 atom stereocenters. The standard InChI is InChI=1S/C33H45N3O5S/c1-5-12-23(3)34-20-11-18-33-27(30(39)36(28(33)31(34)40)19-8-7-9-22-37)26-29(38)35(21-10-17-32(26,4)42-33)24-13-15-25(16-14-24)41-6-2/h10-11,13-18,23,26-28,37H,5-9,12,19-22H2,1-4H3/t23?,26-,27+,28?,32+,33+/m1/s1. The molecule has 9 heteroatoms. The highest BCUT2D eigenvalue weighted by molar-refractivity contribution is 8.02. The maximum absolute atomic E-state index is 14.6. The van der Waals surface area contributed by atoms with Crippen molar-refractivity contribution in [3.63, 3.8) is 0 Å². The number of aliphatic hydroxyl groups excluding tert-OH is 1. The number of amides is 3. The Morgan fingerprint density at radius 3 is 2.40 bits per heavy atom. The molecule has 1 aromatic carbocycles. The van der Waals surface area contributed by atoms with E-state index in [1.165, 1.54) is 0 Å². The first-order chi connectivity index (χ1) is 20.2. The zero-order valence-electron chi connectivity index (χ0n) is 25.3. The Balaban J connectivity index is 1.55. The number of rotatable bonds is 11. The molecule has 2 unspecified atom stereocenters. The third kappa shape index (κ3) is 5.17. The van der Waals surface area contributed by atoms with Crippen LogP contribution >= 0.6 is 11.8 Å². The van der Waals surface area contributed by atoms with Gasteiger partial charge in [-0.1, -0.05) is 37.6 Å². The highest BCUT2D eigenvalue weighted by atomic mass is 32.2. The van der Waals surface area contributed by atoms with Crippen LogP contribution in [0.1, 0.15) is 59.8 Å². The topological polar surface area (TPSA) is 90.4 Å². The summed E-state index contributed by atoms with van der Waals surface area (Å²) in [5, 5.41) is 9.32. The fourth-order valence-corrected chi connectivity index (χ4v) is 9.60. The van der Waals surface area contributed by atoms with Crippen molar-refractivity contribution in [2.75, 3.05) is 37.7 Å². The van der Waals surface area contributed by atoms with Crippen molar-refractivity contribution in [3.05, 3.63) is 48.6 Å². The Kier molecular flexibility index (Phi) is 9.09. The van der Waals surface area contributed by atoms with E-state index in [1.54, 1.807) is 21.6 Å². The van der Waals surface area contributed by atoms with Gasteiger partial charge in [0, 0.05) is 42.7 Å². The summed E-state index contributed by atoms with van der Waals surface area (Å²) >= 11 is 1.63. The minimum absolute atomic E-state index is 0.0219. The summed E-state index contributed by atoms with van der Waals surface area (Å²) in [4.78, 5) is 49.0. The Hall–Kier alpha value is -2.78. The fraction of sp³-hybridized carbons (Fsp3) is 0.606. The number of ether oxygens (including phenoxy) is 1. The van der Waals surface area contributed by atoms with Crippen molar-refractivity contribution >= 4 is 35.2 Å². The monoisotopic (exact) mass is 595 g/mol. The van der Waals surface area contributed by atoms with Gasteiger partial charge in [0.1, 0.15) is 11.8 Å². The smallest absolute Gasteiger partial charge is 0.247 e. The van der Waals surface area contributed by atoms with E-state index in [0.29, 0.717) is 39.1 Å². The fourth-order valence-electron chi connectivity index (χ4n) is 7.44. The Morgan fingerprint density at radius 2 is 1.71 bits per heavy atom. The van der Waals surface area contributed by atoms with E-state index in [4.69, 9.17) is 4.74 Å². The van der Waals surface area contributed by atoms with Crippen LogP contribution in [0, 0.1) is 11.8 Å².